The van der Waals surface area contributed by atoms with Crippen molar-refractivity contribution in [2.75, 3.05) is 59.4 Å². The molecule has 0 aliphatic carbocycles. The van der Waals surface area contributed by atoms with Gasteiger partial charge in [0, 0.05) is 52.4 Å². The average Bonchev–Trinajstić information content (AvgIpc) is 2.73. The standard InChI is InChI=1S/C18H24N6O3S/c1-21-6-10-23(11-7-21)28(26,27)24-12-8-22(9-13-24)18(25)17-14-19-15-4-2-3-5-16(15)20-17/h2-5,14H,6-13H2,1H3. The van der Waals surface area contributed by atoms with E-state index < -0.39 is 10.2 Å². The highest BCUT2D eigenvalue weighted by atomic mass is 32.2. The zero-order valence-corrected chi connectivity index (χ0v) is 16.7. The van der Waals surface area contributed by atoms with Gasteiger partial charge in [0.15, 0.2) is 0 Å². The van der Waals surface area contributed by atoms with Crippen LogP contribution in [-0.2, 0) is 10.2 Å². The highest BCUT2D eigenvalue weighted by Crippen LogP contribution is 2.16. The fourth-order valence-electron chi connectivity index (χ4n) is 3.53. The van der Waals surface area contributed by atoms with Crippen molar-refractivity contribution in [1.29, 1.82) is 0 Å². The molecule has 2 aromatic rings. The lowest BCUT2D eigenvalue weighted by Gasteiger charge is -2.38. The first kappa shape index (κ1) is 19.2. The van der Waals surface area contributed by atoms with Gasteiger partial charge in [-0.2, -0.15) is 17.0 Å². The van der Waals surface area contributed by atoms with Crippen LogP contribution in [0, 0.1) is 0 Å². The van der Waals surface area contributed by atoms with E-state index >= 15 is 0 Å². The average molecular weight is 404 g/mol. The summed E-state index contributed by atoms with van der Waals surface area (Å²) in [4.78, 5) is 25.2. The maximum absolute atomic E-state index is 12.8. The Morgan fingerprint density at radius 3 is 2.11 bits per heavy atom. The molecule has 2 aliphatic heterocycles. The van der Waals surface area contributed by atoms with E-state index in [1.165, 1.54) is 10.5 Å². The molecule has 1 aromatic carbocycles. The summed E-state index contributed by atoms with van der Waals surface area (Å²) < 4.78 is 28.7. The Labute approximate surface area is 164 Å². The van der Waals surface area contributed by atoms with E-state index in [9.17, 15) is 13.2 Å². The summed E-state index contributed by atoms with van der Waals surface area (Å²) in [7, 11) is -1.49. The number of hydrogen-bond donors (Lipinski definition) is 0. The minimum absolute atomic E-state index is 0.213. The van der Waals surface area contributed by atoms with Crippen molar-refractivity contribution in [2.45, 2.75) is 0 Å². The predicted octanol–water partition coefficient (Wildman–Crippen LogP) is -0.120. The lowest BCUT2D eigenvalue weighted by atomic mass is 10.2. The summed E-state index contributed by atoms with van der Waals surface area (Å²) in [5, 5.41) is 0. The molecule has 1 aromatic heterocycles. The molecule has 0 unspecified atom stereocenters. The van der Waals surface area contributed by atoms with Crippen LogP contribution in [0.25, 0.3) is 11.0 Å². The Kier molecular flexibility index (Phi) is 5.28. The van der Waals surface area contributed by atoms with E-state index in [1.807, 2.05) is 31.3 Å². The number of para-hydroxylation sites is 2. The van der Waals surface area contributed by atoms with Gasteiger partial charge >= 0.3 is 0 Å². The van der Waals surface area contributed by atoms with Crippen LogP contribution in [0.3, 0.4) is 0 Å². The number of benzene rings is 1. The van der Waals surface area contributed by atoms with Crippen LogP contribution >= 0.6 is 0 Å². The molecule has 2 saturated heterocycles. The number of nitrogens with zero attached hydrogens (tertiary/aromatic N) is 6. The van der Waals surface area contributed by atoms with Crippen molar-refractivity contribution >= 4 is 27.1 Å². The Hall–Kier alpha value is -2.14. The molecule has 1 amide bonds. The van der Waals surface area contributed by atoms with E-state index in [1.54, 1.807) is 9.21 Å². The molecular formula is C18H24N6O3S. The smallest absolute Gasteiger partial charge is 0.282 e. The summed E-state index contributed by atoms with van der Waals surface area (Å²) in [6, 6.07) is 7.39. The third kappa shape index (κ3) is 3.72. The number of carbonyl (C=O) groups is 1. The fourth-order valence-corrected chi connectivity index (χ4v) is 5.10. The number of amides is 1. The quantitative estimate of drug-likeness (QED) is 0.709. The van der Waals surface area contributed by atoms with E-state index in [2.05, 4.69) is 14.9 Å². The van der Waals surface area contributed by atoms with E-state index in [-0.39, 0.29) is 11.6 Å². The van der Waals surface area contributed by atoms with Crippen molar-refractivity contribution in [3.05, 3.63) is 36.2 Å². The molecule has 0 atom stereocenters. The molecule has 0 radical (unpaired) electrons. The normalized spacial score (nSPS) is 20.5. The molecule has 2 fully saturated rings. The summed E-state index contributed by atoms with van der Waals surface area (Å²) >= 11 is 0. The number of fused-ring (bicyclic) bond motifs is 1. The molecule has 3 heterocycles. The number of aromatic nitrogens is 2. The number of piperazine rings is 2. The first-order chi connectivity index (χ1) is 13.4. The Bertz CT molecular complexity index is 966. The largest absolute Gasteiger partial charge is 0.335 e. The lowest BCUT2D eigenvalue weighted by Crippen LogP contribution is -2.57. The Morgan fingerprint density at radius 1 is 0.893 bits per heavy atom. The van der Waals surface area contributed by atoms with Gasteiger partial charge < -0.3 is 9.80 Å². The first-order valence-corrected chi connectivity index (χ1v) is 10.8. The molecule has 9 nitrogen and oxygen atoms in total. The van der Waals surface area contributed by atoms with Gasteiger partial charge in [0.25, 0.3) is 16.1 Å². The molecule has 0 N–H and O–H groups in total. The summed E-state index contributed by atoms with van der Waals surface area (Å²) in [5.41, 5.74) is 1.70. The Balaban J connectivity index is 1.41. The molecule has 2 aliphatic rings. The van der Waals surface area contributed by atoms with Gasteiger partial charge in [-0.1, -0.05) is 12.1 Å². The van der Waals surface area contributed by atoms with Crippen LogP contribution in [0.2, 0.25) is 0 Å². The number of hydrogen-bond acceptors (Lipinski definition) is 6. The van der Waals surface area contributed by atoms with Gasteiger partial charge in [0.05, 0.1) is 17.2 Å². The second kappa shape index (κ2) is 7.70. The van der Waals surface area contributed by atoms with Crippen molar-refractivity contribution in [3.8, 4) is 0 Å². The van der Waals surface area contributed by atoms with Crippen molar-refractivity contribution < 1.29 is 13.2 Å². The maximum atomic E-state index is 12.8. The van der Waals surface area contributed by atoms with Gasteiger partial charge in [-0.25, -0.2) is 4.98 Å². The minimum atomic E-state index is -3.48. The number of likely N-dealkylation sites (N-methyl/N-ethyl adjacent to an activating group) is 1. The molecule has 10 heteroatoms. The van der Waals surface area contributed by atoms with E-state index in [0.717, 1.165) is 18.6 Å². The lowest BCUT2D eigenvalue weighted by molar-refractivity contribution is 0.0686. The van der Waals surface area contributed by atoms with Gasteiger partial charge in [-0.05, 0) is 19.2 Å². The summed E-state index contributed by atoms with van der Waals surface area (Å²) in [6.07, 6.45) is 1.48. The van der Waals surface area contributed by atoms with Gasteiger partial charge in [-0.15, -0.1) is 0 Å². The van der Waals surface area contributed by atoms with Crippen molar-refractivity contribution in [1.82, 2.24) is 28.4 Å². The highest BCUT2D eigenvalue weighted by molar-refractivity contribution is 7.86. The zero-order chi connectivity index (χ0) is 19.7. The number of rotatable bonds is 3. The molecule has 150 valence electrons. The zero-order valence-electron chi connectivity index (χ0n) is 15.9. The minimum Gasteiger partial charge on any atom is -0.335 e. The highest BCUT2D eigenvalue weighted by Gasteiger charge is 2.35. The van der Waals surface area contributed by atoms with E-state index in [4.69, 9.17) is 0 Å². The third-order valence-corrected chi connectivity index (χ3v) is 7.34. The van der Waals surface area contributed by atoms with Gasteiger partial charge in [0.1, 0.15) is 5.69 Å². The van der Waals surface area contributed by atoms with Crippen LogP contribution in [0.1, 0.15) is 10.5 Å². The molecular weight excluding hydrogens is 380 g/mol. The molecule has 28 heavy (non-hydrogen) atoms. The third-order valence-electron chi connectivity index (χ3n) is 5.31. The molecule has 0 spiro atoms. The monoisotopic (exact) mass is 404 g/mol. The summed E-state index contributed by atoms with van der Waals surface area (Å²) in [6.45, 7) is 3.76. The van der Waals surface area contributed by atoms with Crippen LogP contribution in [-0.4, -0.2) is 102 Å². The fraction of sp³-hybridized carbons (Fsp3) is 0.500. The van der Waals surface area contributed by atoms with Crippen molar-refractivity contribution in [3.63, 3.8) is 0 Å². The second-order valence-electron chi connectivity index (χ2n) is 7.15. The van der Waals surface area contributed by atoms with Crippen LogP contribution in [0.15, 0.2) is 30.5 Å². The SMILES string of the molecule is CN1CCN(S(=O)(=O)N2CCN(C(=O)c3cnc4ccccc4n3)CC2)CC1. The van der Waals surface area contributed by atoms with Crippen LogP contribution in [0.4, 0.5) is 0 Å². The van der Waals surface area contributed by atoms with Gasteiger partial charge in [0.2, 0.25) is 0 Å². The Morgan fingerprint density at radius 2 is 1.46 bits per heavy atom. The van der Waals surface area contributed by atoms with Crippen LogP contribution < -0.4 is 0 Å². The molecule has 0 bridgehead atoms. The molecule has 0 saturated carbocycles. The summed E-state index contributed by atoms with van der Waals surface area (Å²) in [5.74, 6) is -0.213. The maximum Gasteiger partial charge on any atom is 0.282 e. The second-order valence-corrected chi connectivity index (χ2v) is 9.07. The topological polar surface area (TPSA) is 90.0 Å². The predicted molar refractivity (Wildman–Crippen MR) is 105 cm³/mol. The first-order valence-electron chi connectivity index (χ1n) is 9.40. The van der Waals surface area contributed by atoms with Gasteiger partial charge in [-0.3, -0.25) is 9.78 Å². The van der Waals surface area contributed by atoms with Crippen molar-refractivity contribution in [2.24, 2.45) is 0 Å². The number of carbonyl (C=O) groups excluding carboxylic acids is 1. The molecule has 4 rings (SSSR count). The van der Waals surface area contributed by atoms with E-state index in [0.29, 0.717) is 44.8 Å². The van der Waals surface area contributed by atoms with Crippen LogP contribution in [0.5, 0.6) is 0 Å².